The highest BCUT2D eigenvalue weighted by Crippen LogP contribution is 2.18. The van der Waals surface area contributed by atoms with Gasteiger partial charge in [-0.15, -0.1) is 0 Å². The fourth-order valence-electron chi connectivity index (χ4n) is 2.22. The van der Waals surface area contributed by atoms with Crippen molar-refractivity contribution in [2.45, 2.75) is 26.4 Å². The number of carbonyl (C=O) groups excluding carboxylic acids is 1. The second kappa shape index (κ2) is 6.40. The number of benzene rings is 1. The minimum absolute atomic E-state index is 0.278. The summed E-state index contributed by atoms with van der Waals surface area (Å²) in [5, 5.41) is 25.2. The molecule has 3 N–H and O–H groups in total. The smallest absolute Gasteiger partial charge is 0.337 e. The Morgan fingerprint density at radius 1 is 1.29 bits per heavy atom. The average molecular weight is 335 g/mol. The fraction of sp³-hybridized carbons (Fsp3) is 0.312. The molecule has 8 heteroatoms. The molecule has 0 saturated carbocycles. The number of nitrogens with zero attached hydrogens (tertiary/aromatic N) is 2. The molecule has 1 aromatic heterocycles. The van der Waals surface area contributed by atoms with Gasteiger partial charge in [0.05, 0.1) is 29.2 Å². The van der Waals surface area contributed by atoms with Gasteiger partial charge in [-0.2, -0.15) is 5.10 Å². The van der Waals surface area contributed by atoms with E-state index in [1.807, 2.05) is 0 Å². The van der Waals surface area contributed by atoms with E-state index in [-0.39, 0.29) is 11.4 Å². The van der Waals surface area contributed by atoms with E-state index in [0.717, 1.165) is 6.92 Å². The van der Waals surface area contributed by atoms with Crippen LogP contribution in [-0.2, 0) is 4.79 Å². The Morgan fingerprint density at radius 3 is 2.42 bits per heavy atom. The number of carboxylic acids is 1. The number of halogens is 1. The molecular formula is C16H18FN3O4. The van der Waals surface area contributed by atoms with E-state index in [9.17, 15) is 19.1 Å². The van der Waals surface area contributed by atoms with Gasteiger partial charge in [-0.1, -0.05) is 0 Å². The van der Waals surface area contributed by atoms with Gasteiger partial charge < -0.3 is 15.5 Å². The molecular weight excluding hydrogens is 317 g/mol. The van der Waals surface area contributed by atoms with Crippen LogP contribution in [0.4, 0.5) is 4.39 Å². The van der Waals surface area contributed by atoms with E-state index in [0.29, 0.717) is 17.1 Å². The molecule has 2 rings (SSSR count). The number of rotatable bonds is 5. The summed E-state index contributed by atoms with van der Waals surface area (Å²) in [6, 6.07) is 5.64. The normalized spacial score (nSPS) is 13.4. The molecule has 7 nitrogen and oxygen atoms in total. The van der Waals surface area contributed by atoms with Gasteiger partial charge in [0.25, 0.3) is 5.91 Å². The summed E-state index contributed by atoms with van der Waals surface area (Å²) in [4.78, 5) is 23.2. The zero-order chi connectivity index (χ0) is 18.1. The Kier molecular flexibility index (Phi) is 4.70. The van der Waals surface area contributed by atoms with Gasteiger partial charge in [0.15, 0.2) is 5.60 Å². The fourth-order valence-corrected chi connectivity index (χ4v) is 2.22. The molecule has 0 aliphatic carbocycles. The lowest BCUT2D eigenvalue weighted by molar-refractivity contribution is -0.155. The molecule has 24 heavy (non-hydrogen) atoms. The molecule has 128 valence electrons. The van der Waals surface area contributed by atoms with Crippen LogP contribution in [0.3, 0.4) is 0 Å². The molecule has 0 fully saturated rings. The van der Waals surface area contributed by atoms with Crippen molar-refractivity contribution in [2.75, 3.05) is 6.54 Å². The third kappa shape index (κ3) is 3.43. The van der Waals surface area contributed by atoms with E-state index < -0.39 is 24.0 Å². The molecule has 0 aliphatic heterocycles. The van der Waals surface area contributed by atoms with Crippen molar-refractivity contribution >= 4 is 11.9 Å². The third-order valence-electron chi connectivity index (χ3n) is 3.64. The average Bonchev–Trinajstić information content (AvgIpc) is 2.80. The number of aliphatic carboxylic acids is 1. The predicted octanol–water partition coefficient (Wildman–Crippen LogP) is 1.19. The maximum Gasteiger partial charge on any atom is 0.337 e. The second-order valence-corrected chi connectivity index (χ2v) is 5.70. The summed E-state index contributed by atoms with van der Waals surface area (Å²) in [6.07, 6.45) is 0. The van der Waals surface area contributed by atoms with Crippen LogP contribution in [0.25, 0.3) is 5.69 Å². The predicted molar refractivity (Wildman–Crippen MR) is 83.6 cm³/mol. The zero-order valence-electron chi connectivity index (χ0n) is 13.5. The summed E-state index contributed by atoms with van der Waals surface area (Å²) in [5.41, 5.74) is -0.241. The maximum absolute atomic E-state index is 13.0. The first kappa shape index (κ1) is 17.6. The zero-order valence-corrected chi connectivity index (χ0v) is 13.5. The number of aryl methyl sites for hydroxylation is 1. The van der Waals surface area contributed by atoms with Crippen LogP contribution in [0.15, 0.2) is 24.3 Å². The maximum atomic E-state index is 13.0. The summed E-state index contributed by atoms with van der Waals surface area (Å²) in [6.45, 7) is 3.96. The first-order chi connectivity index (χ1) is 11.1. The number of hydrogen-bond acceptors (Lipinski definition) is 4. The van der Waals surface area contributed by atoms with Crippen LogP contribution in [0.2, 0.25) is 0 Å². The number of carbonyl (C=O) groups is 2. The van der Waals surface area contributed by atoms with Crippen molar-refractivity contribution in [1.29, 1.82) is 0 Å². The first-order valence-electron chi connectivity index (χ1n) is 7.19. The first-order valence-corrected chi connectivity index (χ1v) is 7.19. The largest absolute Gasteiger partial charge is 0.479 e. The number of aliphatic hydroxyl groups is 1. The van der Waals surface area contributed by atoms with Gasteiger partial charge >= 0.3 is 5.97 Å². The number of hydrogen-bond donors (Lipinski definition) is 3. The summed E-state index contributed by atoms with van der Waals surface area (Å²) >= 11 is 0. The Bertz CT molecular complexity index is 781. The molecule has 0 bridgehead atoms. The number of nitrogens with one attached hydrogen (secondary N) is 1. The topological polar surface area (TPSA) is 104 Å². The van der Waals surface area contributed by atoms with Crippen LogP contribution >= 0.6 is 0 Å². The molecule has 0 radical (unpaired) electrons. The highest BCUT2D eigenvalue weighted by Gasteiger charge is 2.31. The van der Waals surface area contributed by atoms with E-state index in [2.05, 4.69) is 10.4 Å². The molecule has 1 aromatic carbocycles. The van der Waals surface area contributed by atoms with Crippen LogP contribution in [0, 0.1) is 19.7 Å². The number of aromatic nitrogens is 2. The lowest BCUT2D eigenvalue weighted by atomic mass is 10.1. The number of carboxylic acid groups (broad SMARTS) is 1. The summed E-state index contributed by atoms with van der Waals surface area (Å²) in [7, 11) is 0. The summed E-state index contributed by atoms with van der Waals surface area (Å²) in [5.74, 6) is -2.35. The molecule has 2 aromatic rings. The van der Waals surface area contributed by atoms with E-state index >= 15 is 0 Å². The quantitative estimate of drug-likeness (QED) is 0.761. The van der Waals surface area contributed by atoms with Crippen molar-refractivity contribution < 1.29 is 24.2 Å². The molecule has 0 saturated heterocycles. The molecule has 1 heterocycles. The van der Waals surface area contributed by atoms with Gasteiger partial charge in [0.2, 0.25) is 0 Å². The summed E-state index contributed by atoms with van der Waals surface area (Å²) < 4.78 is 14.5. The van der Waals surface area contributed by atoms with Gasteiger partial charge in [0, 0.05) is 0 Å². The van der Waals surface area contributed by atoms with Crippen LogP contribution < -0.4 is 5.32 Å². The van der Waals surface area contributed by atoms with E-state index in [1.165, 1.54) is 28.9 Å². The minimum atomic E-state index is -2.07. The van der Waals surface area contributed by atoms with Crippen molar-refractivity contribution in [3.05, 3.63) is 47.0 Å². The van der Waals surface area contributed by atoms with Crippen LogP contribution in [0.5, 0.6) is 0 Å². The Morgan fingerprint density at radius 2 is 1.88 bits per heavy atom. The van der Waals surface area contributed by atoms with E-state index in [4.69, 9.17) is 5.11 Å². The third-order valence-corrected chi connectivity index (χ3v) is 3.64. The standard InChI is InChI=1S/C16H18FN3O4/c1-9-13(14(21)18-8-16(3,24)15(22)23)10(2)20(19-9)12-6-4-11(17)5-7-12/h4-7,24H,8H2,1-3H3,(H,18,21)(H,22,23). The molecule has 0 aliphatic rings. The minimum Gasteiger partial charge on any atom is -0.479 e. The Labute approximate surface area is 137 Å². The van der Waals surface area contributed by atoms with Crippen LogP contribution in [-0.4, -0.2) is 44.0 Å². The monoisotopic (exact) mass is 335 g/mol. The van der Waals surface area contributed by atoms with Crippen LogP contribution in [0.1, 0.15) is 28.7 Å². The van der Waals surface area contributed by atoms with Crippen molar-refractivity contribution in [1.82, 2.24) is 15.1 Å². The van der Waals surface area contributed by atoms with Gasteiger partial charge in [0.1, 0.15) is 5.82 Å². The Hall–Kier alpha value is -2.74. The molecule has 1 amide bonds. The SMILES string of the molecule is Cc1nn(-c2ccc(F)cc2)c(C)c1C(=O)NCC(C)(O)C(=O)O. The number of amides is 1. The molecule has 1 atom stereocenters. The second-order valence-electron chi connectivity index (χ2n) is 5.70. The highest BCUT2D eigenvalue weighted by atomic mass is 19.1. The molecule has 0 spiro atoms. The van der Waals surface area contributed by atoms with Crippen molar-refractivity contribution in [3.8, 4) is 5.69 Å². The highest BCUT2D eigenvalue weighted by molar-refractivity contribution is 5.97. The van der Waals surface area contributed by atoms with Gasteiger partial charge in [-0.3, -0.25) is 4.79 Å². The van der Waals surface area contributed by atoms with Crippen molar-refractivity contribution in [3.63, 3.8) is 0 Å². The van der Waals surface area contributed by atoms with Gasteiger partial charge in [-0.05, 0) is 45.0 Å². The van der Waals surface area contributed by atoms with Crippen molar-refractivity contribution in [2.24, 2.45) is 0 Å². The molecule has 1 unspecified atom stereocenters. The van der Waals surface area contributed by atoms with Gasteiger partial charge in [-0.25, -0.2) is 13.9 Å². The van der Waals surface area contributed by atoms with E-state index in [1.54, 1.807) is 13.8 Å². The Balaban J connectivity index is 2.27. The lowest BCUT2D eigenvalue weighted by Crippen LogP contribution is -2.46. The lowest BCUT2D eigenvalue weighted by Gasteiger charge is -2.18.